The molecule has 12 heteroatoms. The first-order chi connectivity index (χ1) is 19.9. The summed E-state index contributed by atoms with van der Waals surface area (Å²) < 4.78 is 34.7. The van der Waals surface area contributed by atoms with E-state index in [4.69, 9.17) is 10.5 Å². The molecule has 2 atom stereocenters. The second-order valence-electron chi connectivity index (χ2n) is 10.9. The first-order valence-electron chi connectivity index (χ1n) is 13.8. The van der Waals surface area contributed by atoms with Gasteiger partial charge in [-0.2, -0.15) is 4.31 Å². The number of fused-ring (bicyclic) bond motifs is 1. The van der Waals surface area contributed by atoms with Crippen LogP contribution in [0.1, 0.15) is 37.2 Å². The number of allylic oxidation sites excluding steroid dienone is 5. The number of ether oxygens (including phenoxy) is 1. The zero-order chi connectivity index (χ0) is 30.4. The van der Waals surface area contributed by atoms with Crippen LogP contribution in [0.2, 0.25) is 0 Å². The summed E-state index contributed by atoms with van der Waals surface area (Å²) in [6.45, 7) is 6.99. The number of nitrogens with one attached hydrogen (secondary N) is 1. The number of carbonyl (C=O) groups excluding carboxylic acids is 1. The molecule has 4 rings (SSSR count). The number of aliphatic imine (C=N–C) groups is 1. The van der Waals surface area contributed by atoms with Crippen LogP contribution >= 0.6 is 0 Å². The second kappa shape index (κ2) is 13.4. The maximum Gasteiger partial charge on any atom is 0.258 e. The fourth-order valence-corrected chi connectivity index (χ4v) is 6.61. The Morgan fingerprint density at radius 2 is 1.81 bits per heavy atom. The van der Waals surface area contributed by atoms with E-state index in [0.29, 0.717) is 28.7 Å². The molecule has 0 fully saturated rings. The molecule has 2 aromatic rings. The molecule has 224 valence electrons. The van der Waals surface area contributed by atoms with Crippen molar-refractivity contribution in [2.75, 3.05) is 19.7 Å². The average molecular weight is 595 g/mol. The normalized spacial score (nSPS) is 16.3. The van der Waals surface area contributed by atoms with E-state index in [-0.39, 0.29) is 43.4 Å². The predicted octanol–water partition coefficient (Wildman–Crippen LogP) is 2.32. The maximum absolute atomic E-state index is 13.8. The number of rotatable bonds is 13. The molecule has 0 radical (unpaired) electrons. The number of aromatic nitrogens is 2. The van der Waals surface area contributed by atoms with E-state index in [1.54, 1.807) is 32.1 Å². The molecule has 1 aromatic carbocycles. The number of carbonyl (C=O) groups is 1. The van der Waals surface area contributed by atoms with Gasteiger partial charge in [0, 0.05) is 25.1 Å². The van der Waals surface area contributed by atoms with Gasteiger partial charge >= 0.3 is 0 Å². The van der Waals surface area contributed by atoms with E-state index in [9.17, 15) is 18.3 Å². The van der Waals surface area contributed by atoms with Gasteiger partial charge in [0.1, 0.15) is 12.1 Å². The quantitative estimate of drug-likeness (QED) is 0.319. The van der Waals surface area contributed by atoms with Crippen LogP contribution in [-0.2, 0) is 21.2 Å². The molecule has 0 saturated carbocycles. The zero-order valence-electron chi connectivity index (χ0n) is 24.3. The van der Waals surface area contributed by atoms with Crippen LogP contribution in [0.15, 0.2) is 76.2 Å². The molecular weight excluding hydrogens is 556 g/mol. The summed E-state index contributed by atoms with van der Waals surface area (Å²) in [4.78, 5) is 25.7. The number of aryl methyl sites for hydroxylation is 2. The highest BCUT2D eigenvalue weighted by Crippen LogP contribution is 2.29. The van der Waals surface area contributed by atoms with Crippen molar-refractivity contribution in [3.63, 3.8) is 0 Å². The lowest BCUT2D eigenvalue weighted by Crippen LogP contribution is -2.52. The summed E-state index contributed by atoms with van der Waals surface area (Å²) in [6, 6.07) is 8.59. The number of amides is 1. The molecule has 2 aliphatic rings. The van der Waals surface area contributed by atoms with Crippen molar-refractivity contribution in [1.29, 1.82) is 0 Å². The lowest BCUT2D eigenvalue weighted by molar-refractivity contribution is -0.124. The first-order valence-corrected chi connectivity index (χ1v) is 15.3. The summed E-state index contributed by atoms with van der Waals surface area (Å²) in [7, 11) is -3.97. The Bertz CT molecular complexity index is 1510. The van der Waals surface area contributed by atoms with Gasteiger partial charge in [-0.1, -0.05) is 50.3 Å². The summed E-state index contributed by atoms with van der Waals surface area (Å²) in [5.41, 5.74) is 9.29. The highest BCUT2D eigenvalue weighted by molar-refractivity contribution is 7.93. The standard InChI is InChI=1S/C30H38N6O5S/c1-19(2)15-36(42(39,40)24-11-10-23-13-28(31)34-25(23)14-24)16-27(37)26(12-22-8-6-5-7-9-22)35-29(38)17-41-30-20(3)32-18-33-21(30)4/h5-11,13,18-19,26-27,37H,12,14-17,31H2,1-4H3,(H,35,38). The highest BCUT2D eigenvalue weighted by Gasteiger charge is 2.34. The van der Waals surface area contributed by atoms with Crippen LogP contribution in [0.4, 0.5) is 0 Å². The molecule has 4 N–H and O–H groups in total. The number of aliphatic hydroxyl groups is 1. The minimum absolute atomic E-state index is 0.0152. The third-order valence-corrected chi connectivity index (χ3v) is 8.86. The third-order valence-electron chi connectivity index (χ3n) is 6.94. The molecule has 1 amide bonds. The molecule has 42 heavy (non-hydrogen) atoms. The van der Waals surface area contributed by atoms with Crippen molar-refractivity contribution in [2.24, 2.45) is 16.6 Å². The molecule has 0 saturated heterocycles. The predicted molar refractivity (Wildman–Crippen MR) is 161 cm³/mol. The Labute approximate surface area is 247 Å². The van der Waals surface area contributed by atoms with Crippen LogP contribution in [0.3, 0.4) is 0 Å². The molecule has 11 nitrogen and oxygen atoms in total. The number of sulfonamides is 1. The number of aliphatic hydroxyl groups excluding tert-OH is 1. The molecule has 1 aromatic heterocycles. The Morgan fingerprint density at radius 1 is 1.12 bits per heavy atom. The number of hydrogen-bond donors (Lipinski definition) is 3. The summed E-state index contributed by atoms with van der Waals surface area (Å²) in [5, 5.41) is 14.3. The van der Waals surface area contributed by atoms with Gasteiger partial charge in [0.05, 0.1) is 34.2 Å². The zero-order valence-corrected chi connectivity index (χ0v) is 25.1. The Morgan fingerprint density at radius 3 is 2.48 bits per heavy atom. The van der Waals surface area contributed by atoms with E-state index in [1.165, 1.54) is 10.6 Å². The fraction of sp³-hybridized carbons (Fsp3) is 0.400. The van der Waals surface area contributed by atoms with Crippen LogP contribution in [0.25, 0.3) is 0 Å². The van der Waals surface area contributed by atoms with Gasteiger partial charge in [-0.15, -0.1) is 0 Å². The van der Waals surface area contributed by atoms with Crippen molar-refractivity contribution in [1.82, 2.24) is 19.6 Å². The van der Waals surface area contributed by atoms with Gasteiger partial charge in [0.15, 0.2) is 12.4 Å². The van der Waals surface area contributed by atoms with Gasteiger partial charge < -0.3 is 20.9 Å². The smallest absolute Gasteiger partial charge is 0.258 e. The molecule has 0 spiro atoms. The summed E-state index contributed by atoms with van der Waals surface area (Å²) >= 11 is 0. The number of benzene rings is 1. The minimum Gasteiger partial charge on any atom is -0.480 e. The topological polar surface area (TPSA) is 160 Å². The fourth-order valence-electron chi connectivity index (χ4n) is 4.87. The number of hydrogen-bond acceptors (Lipinski definition) is 9. The molecule has 1 aliphatic carbocycles. The van der Waals surface area contributed by atoms with Crippen LogP contribution in [-0.4, -0.2) is 71.3 Å². The van der Waals surface area contributed by atoms with Crippen LogP contribution < -0.4 is 15.8 Å². The van der Waals surface area contributed by atoms with Gasteiger partial charge in [-0.25, -0.2) is 23.4 Å². The van der Waals surface area contributed by atoms with Crippen molar-refractivity contribution in [2.45, 2.75) is 52.7 Å². The van der Waals surface area contributed by atoms with Gasteiger partial charge in [-0.3, -0.25) is 4.79 Å². The second-order valence-corrected chi connectivity index (χ2v) is 12.9. The van der Waals surface area contributed by atoms with Crippen LogP contribution in [0.5, 0.6) is 5.75 Å². The SMILES string of the molecule is Cc1ncnc(C)c1OCC(=O)NC(Cc1ccccc1)C(O)CN(CC(C)C)S(=O)(=O)C1=CC=C2C=C(N)N=C2C1. The number of nitrogens with zero attached hydrogens (tertiary/aromatic N) is 4. The van der Waals surface area contributed by atoms with E-state index in [0.717, 1.165) is 11.1 Å². The van der Waals surface area contributed by atoms with Crippen molar-refractivity contribution >= 4 is 21.6 Å². The molecular formula is C30H38N6O5S. The largest absolute Gasteiger partial charge is 0.480 e. The molecule has 0 bridgehead atoms. The third kappa shape index (κ3) is 7.69. The van der Waals surface area contributed by atoms with Gasteiger partial charge in [-0.05, 0) is 43.9 Å². The summed E-state index contributed by atoms with van der Waals surface area (Å²) in [6.07, 6.45) is 5.56. The lowest BCUT2D eigenvalue weighted by Gasteiger charge is -2.31. The molecule has 1 aliphatic heterocycles. The number of nitrogens with two attached hydrogens (primary N) is 1. The molecule has 2 heterocycles. The van der Waals surface area contributed by atoms with Gasteiger partial charge in [0.2, 0.25) is 10.0 Å². The Balaban J connectivity index is 1.52. The monoisotopic (exact) mass is 594 g/mol. The van der Waals surface area contributed by atoms with E-state index in [2.05, 4.69) is 20.3 Å². The lowest BCUT2D eigenvalue weighted by atomic mass is 10.0. The Kier molecular flexibility index (Phi) is 9.92. The average Bonchev–Trinajstić information content (AvgIpc) is 3.31. The molecule has 2 unspecified atom stereocenters. The Hall–Kier alpha value is -3.87. The first kappa shape index (κ1) is 31.1. The van der Waals surface area contributed by atoms with Crippen molar-refractivity contribution in [3.05, 3.63) is 88.1 Å². The summed E-state index contributed by atoms with van der Waals surface area (Å²) in [5.74, 6) is 0.279. The minimum atomic E-state index is -3.97. The van der Waals surface area contributed by atoms with Crippen molar-refractivity contribution < 1.29 is 23.1 Å². The van der Waals surface area contributed by atoms with Gasteiger partial charge in [0.25, 0.3) is 5.91 Å². The van der Waals surface area contributed by atoms with E-state index >= 15 is 0 Å². The highest BCUT2D eigenvalue weighted by atomic mass is 32.2. The van der Waals surface area contributed by atoms with E-state index in [1.807, 2.05) is 44.2 Å². The maximum atomic E-state index is 13.8. The van der Waals surface area contributed by atoms with Crippen molar-refractivity contribution in [3.8, 4) is 5.75 Å². The van der Waals surface area contributed by atoms with Crippen LogP contribution in [0, 0.1) is 19.8 Å². The van der Waals surface area contributed by atoms with E-state index < -0.39 is 28.1 Å².